The molecule has 0 unspecified atom stereocenters. The second-order valence-corrected chi connectivity index (χ2v) is 19.7. The summed E-state index contributed by atoms with van der Waals surface area (Å²) in [5.74, 6) is 2.90. The number of aromatic nitrogens is 1. The summed E-state index contributed by atoms with van der Waals surface area (Å²) in [4.78, 5) is 2.56. The van der Waals surface area contributed by atoms with Gasteiger partial charge in [0.1, 0.15) is 0 Å². The third kappa shape index (κ3) is 5.17. The van der Waals surface area contributed by atoms with Crippen molar-refractivity contribution in [3.05, 3.63) is 252 Å². The van der Waals surface area contributed by atoms with E-state index in [1.54, 1.807) is 11.1 Å². The van der Waals surface area contributed by atoms with E-state index in [9.17, 15) is 0 Å². The zero-order chi connectivity index (χ0) is 42.7. The average Bonchev–Trinajstić information content (AvgIpc) is 3.70. The molecule has 4 bridgehead atoms. The smallest absolute Gasteiger partial charge is 0.0707 e. The summed E-state index contributed by atoms with van der Waals surface area (Å²) >= 11 is 0. The van der Waals surface area contributed by atoms with Crippen molar-refractivity contribution in [1.29, 1.82) is 0 Å². The molecular weight excluding hydrogens is 785 g/mol. The highest BCUT2D eigenvalue weighted by atomic mass is 15.1. The van der Waals surface area contributed by atoms with Crippen LogP contribution in [0.25, 0.3) is 38.3 Å². The Morgan fingerprint density at radius 1 is 0.385 bits per heavy atom. The second kappa shape index (κ2) is 14.2. The molecule has 0 N–H and O–H groups in total. The number of hydrogen-bond acceptors (Lipinski definition) is 1. The first-order valence-electron chi connectivity index (χ1n) is 23.9. The van der Waals surface area contributed by atoms with Crippen molar-refractivity contribution in [1.82, 2.24) is 4.57 Å². The summed E-state index contributed by atoms with van der Waals surface area (Å²) in [6.07, 6.45) is 6.73. The molecule has 2 heteroatoms. The minimum Gasteiger partial charge on any atom is -0.310 e. The van der Waals surface area contributed by atoms with Crippen molar-refractivity contribution in [3.63, 3.8) is 0 Å². The van der Waals surface area contributed by atoms with Gasteiger partial charge in [0.05, 0.1) is 22.1 Å². The van der Waals surface area contributed by atoms with Gasteiger partial charge in [0.2, 0.25) is 0 Å². The number of rotatable bonds is 6. The maximum Gasteiger partial charge on any atom is 0.0707 e. The topological polar surface area (TPSA) is 8.17 Å². The predicted molar refractivity (Wildman–Crippen MR) is 269 cm³/mol. The average molecular weight is 835 g/mol. The van der Waals surface area contributed by atoms with Crippen LogP contribution in [0.4, 0.5) is 17.1 Å². The molecule has 5 aliphatic carbocycles. The number of para-hydroxylation sites is 2. The first kappa shape index (κ1) is 37.2. The van der Waals surface area contributed by atoms with Gasteiger partial charge in [0, 0.05) is 38.6 Å². The van der Waals surface area contributed by atoms with Crippen LogP contribution in [0.1, 0.15) is 65.5 Å². The van der Waals surface area contributed by atoms with Gasteiger partial charge < -0.3 is 9.47 Å². The van der Waals surface area contributed by atoms with Crippen LogP contribution in [-0.2, 0) is 10.8 Å². The van der Waals surface area contributed by atoms with Crippen LogP contribution in [-0.4, -0.2) is 4.57 Å². The summed E-state index contributed by atoms with van der Waals surface area (Å²) in [5, 5.41) is 5.05. The minimum absolute atomic E-state index is 0.0762. The molecule has 0 saturated heterocycles. The van der Waals surface area contributed by atoms with Gasteiger partial charge in [0.25, 0.3) is 0 Å². The normalized spacial score (nSPS) is 22.3. The van der Waals surface area contributed by atoms with Gasteiger partial charge in [-0.15, -0.1) is 0 Å². The van der Waals surface area contributed by atoms with E-state index in [4.69, 9.17) is 0 Å². The molecule has 0 atom stereocenters. The SMILES string of the molecule is c1ccc(C2(c3ccccc3)c3ccccc3C3(c4cc(N(c5ccc(-n6c7ccccc7c7ccccc76)cc5)c5cccc6ccccc56)ccc42)C2CC4CC(C2)CC3C4)cc1. The van der Waals surface area contributed by atoms with Crippen LogP contribution in [0.2, 0.25) is 0 Å². The second-order valence-electron chi connectivity index (χ2n) is 19.7. The van der Waals surface area contributed by atoms with E-state index in [1.165, 1.54) is 98.3 Å². The summed E-state index contributed by atoms with van der Waals surface area (Å²) < 4.78 is 2.43. The fraction of sp³-hybridized carbons (Fsp3) is 0.175. The number of benzene rings is 9. The molecule has 65 heavy (non-hydrogen) atoms. The molecule has 4 saturated carbocycles. The Balaban J connectivity index is 1.04. The van der Waals surface area contributed by atoms with Crippen LogP contribution in [0.15, 0.2) is 218 Å². The van der Waals surface area contributed by atoms with Crippen molar-refractivity contribution in [2.24, 2.45) is 23.7 Å². The highest BCUT2D eigenvalue weighted by molar-refractivity contribution is 6.09. The molecule has 1 heterocycles. The molecule has 1 spiro atoms. The first-order valence-corrected chi connectivity index (χ1v) is 23.9. The Morgan fingerprint density at radius 2 is 0.892 bits per heavy atom. The molecule has 4 fully saturated rings. The van der Waals surface area contributed by atoms with Crippen LogP contribution in [0.5, 0.6) is 0 Å². The molecular formula is C63H50N2. The van der Waals surface area contributed by atoms with Gasteiger partial charge in [-0.25, -0.2) is 0 Å². The number of anilines is 3. The highest BCUT2D eigenvalue weighted by Crippen LogP contribution is 2.70. The molecule has 10 aromatic rings. The number of fused-ring (bicyclic) bond motifs is 6. The van der Waals surface area contributed by atoms with Gasteiger partial charge in [-0.05, 0) is 149 Å². The number of nitrogens with zero attached hydrogens (tertiary/aromatic N) is 2. The fourth-order valence-electron chi connectivity index (χ4n) is 14.6. The minimum atomic E-state index is -0.485. The zero-order valence-electron chi connectivity index (χ0n) is 36.5. The van der Waals surface area contributed by atoms with E-state index in [-0.39, 0.29) is 5.41 Å². The Bertz CT molecular complexity index is 3330. The first-order chi connectivity index (χ1) is 32.2. The molecule has 0 aliphatic heterocycles. The van der Waals surface area contributed by atoms with E-state index in [0.717, 1.165) is 23.2 Å². The third-order valence-corrected chi connectivity index (χ3v) is 16.7. The lowest BCUT2D eigenvalue weighted by molar-refractivity contribution is -0.0440. The molecule has 9 aromatic carbocycles. The van der Waals surface area contributed by atoms with Crippen molar-refractivity contribution in [3.8, 4) is 5.69 Å². The van der Waals surface area contributed by atoms with Crippen LogP contribution >= 0.6 is 0 Å². The van der Waals surface area contributed by atoms with Crippen molar-refractivity contribution in [2.75, 3.05) is 4.90 Å². The van der Waals surface area contributed by atoms with E-state index in [2.05, 4.69) is 228 Å². The monoisotopic (exact) mass is 834 g/mol. The molecule has 1 aromatic heterocycles. The zero-order valence-corrected chi connectivity index (χ0v) is 36.5. The number of hydrogen-bond donors (Lipinski definition) is 0. The van der Waals surface area contributed by atoms with Crippen LogP contribution < -0.4 is 4.90 Å². The van der Waals surface area contributed by atoms with E-state index in [0.29, 0.717) is 11.8 Å². The standard InChI is InChI=1S/C63H50N2/c1-3-18-45(19-4-1)62(46-20-5-2-6-21-46)55-25-11-12-26-56(55)63(47-37-42-36-43(39-47)40-48(63)38-42)58-41-51(34-35-57(58)62)64(59-29-15-17-44-16-7-8-22-52(44)59)49-30-32-50(33-31-49)65-60-27-13-9-23-53(60)54-24-10-14-28-61(54)65/h1-35,41-43,47-48H,36-40H2. The Hall–Kier alpha value is -7.16. The lowest BCUT2D eigenvalue weighted by Crippen LogP contribution is -2.59. The van der Waals surface area contributed by atoms with E-state index < -0.39 is 5.41 Å². The summed E-state index contributed by atoms with van der Waals surface area (Å²) in [5.41, 5.74) is 15.3. The van der Waals surface area contributed by atoms with Gasteiger partial charge in [-0.3, -0.25) is 0 Å². The quantitative estimate of drug-likeness (QED) is 0.162. The van der Waals surface area contributed by atoms with Gasteiger partial charge in [-0.1, -0.05) is 164 Å². The Kier molecular flexibility index (Phi) is 8.12. The molecule has 15 rings (SSSR count). The predicted octanol–water partition coefficient (Wildman–Crippen LogP) is 15.8. The van der Waals surface area contributed by atoms with Crippen molar-refractivity contribution < 1.29 is 0 Å². The maximum atomic E-state index is 2.69. The molecule has 5 aliphatic rings. The molecule has 2 nitrogen and oxygen atoms in total. The highest BCUT2D eigenvalue weighted by Gasteiger charge is 2.63. The van der Waals surface area contributed by atoms with Gasteiger partial charge in [-0.2, -0.15) is 0 Å². The summed E-state index contributed by atoms with van der Waals surface area (Å²) in [7, 11) is 0. The lowest BCUT2D eigenvalue weighted by Gasteiger charge is -2.65. The lowest BCUT2D eigenvalue weighted by atomic mass is 9.38. The fourth-order valence-corrected chi connectivity index (χ4v) is 14.6. The largest absolute Gasteiger partial charge is 0.310 e. The van der Waals surface area contributed by atoms with E-state index >= 15 is 0 Å². The molecule has 312 valence electrons. The van der Waals surface area contributed by atoms with Gasteiger partial charge >= 0.3 is 0 Å². The van der Waals surface area contributed by atoms with Crippen molar-refractivity contribution >= 4 is 49.6 Å². The summed E-state index contributed by atoms with van der Waals surface area (Å²) in [6, 6.07) is 83.0. The Labute approximate surface area is 381 Å². The molecule has 0 amide bonds. The summed E-state index contributed by atoms with van der Waals surface area (Å²) in [6.45, 7) is 0. The maximum absolute atomic E-state index is 2.69. The van der Waals surface area contributed by atoms with Gasteiger partial charge in [0.15, 0.2) is 0 Å². The Morgan fingerprint density at radius 3 is 1.54 bits per heavy atom. The molecule has 0 radical (unpaired) electrons. The van der Waals surface area contributed by atoms with E-state index in [1.807, 2.05) is 0 Å². The van der Waals surface area contributed by atoms with Crippen LogP contribution in [0, 0.1) is 23.7 Å². The van der Waals surface area contributed by atoms with Crippen molar-refractivity contribution in [2.45, 2.75) is 42.9 Å². The van der Waals surface area contributed by atoms with Crippen LogP contribution in [0.3, 0.4) is 0 Å². The third-order valence-electron chi connectivity index (χ3n) is 16.7.